The molecule has 1 heterocycles. The Morgan fingerprint density at radius 1 is 1.26 bits per heavy atom. The number of nitrogens with zero attached hydrogens (tertiary/aromatic N) is 1. The minimum Gasteiger partial charge on any atom is -0.465 e. The third-order valence-electron chi connectivity index (χ3n) is 2.99. The Balaban J connectivity index is 2.41. The van der Waals surface area contributed by atoms with Gasteiger partial charge in [0.1, 0.15) is 6.54 Å². The van der Waals surface area contributed by atoms with Crippen LogP contribution in [0.25, 0.3) is 0 Å². The molecule has 0 N–H and O–H groups in total. The molecule has 0 atom stereocenters. The predicted octanol–water partition coefficient (Wildman–Crippen LogP) is 1.40. The van der Waals surface area contributed by atoms with E-state index in [0.29, 0.717) is 11.3 Å². The molecule has 0 aliphatic carbocycles. The van der Waals surface area contributed by atoms with Crippen molar-refractivity contribution in [2.75, 3.05) is 18.1 Å². The van der Waals surface area contributed by atoms with Crippen molar-refractivity contribution < 1.29 is 19.1 Å². The zero-order valence-corrected chi connectivity index (χ0v) is 11.1. The number of amides is 1. The van der Waals surface area contributed by atoms with Crippen molar-refractivity contribution in [3.05, 3.63) is 28.8 Å². The number of ketones is 1. The van der Waals surface area contributed by atoms with Gasteiger partial charge in [-0.2, -0.15) is 0 Å². The fourth-order valence-corrected chi connectivity index (χ4v) is 2.32. The second-order valence-corrected chi connectivity index (χ2v) is 4.50. The van der Waals surface area contributed by atoms with Crippen molar-refractivity contribution >= 4 is 23.3 Å². The zero-order chi connectivity index (χ0) is 14.2. The highest BCUT2D eigenvalue weighted by Gasteiger charge is 2.38. The first-order valence-corrected chi connectivity index (χ1v) is 6.08. The second-order valence-electron chi connectivity index (χ2n) is 4.50. The molecule has 0 saturated heterocycles. The summed E-state index contributed by atoms with van der Waals surface area (Å²) in [7, 11) is 0. The molecular weight excluding hydrogens is 246 g/mol. The van der Waals surface area contributed by atoms with Gasteiger partial charge in [0.25, 0.3) is 11.7 Å². The Morgan fingerprint density at radius 3 is 2.58 bits per heavy atom. The molecule has 0 unspecified atom stereocenters. The number of fused-ring (bicyclic) bond motifs is 1. The Labute approximate surface area is 111 Å². The largest absolute Gasteiger partial charge is 0.465 e. The average Bonchev–Trinajstić information content (AvgIpc) is 2.55. The molecule has 1 aromatic carbocycles. The van der Waals surface area contributed by atoms with Crippen LogP contribution in [-0.2, 0) is 14.3 Å². The average molecular weight is 261 g/mol. The van der Waals surface area contributed by atoms with Crippen LogP contribution < -0.4 is 4.90 Å². The molecule has 0 fully saturated rings. The molecule has 1 aliphatic rings. The summed E-state index contributed by atoms with van der Waals surface area (Å²) in [6.07, 6.45) is 0. The normalized spacial score (nSPS) is 13.7. The molecule has 19 heavy (non-hydrogen) atoms. The number of esters is 1. The maximum absolute atomic E-state index is 11.9. The molecule has 0 radical (unpaired) electrons. The smallest absolute Gasteiger partial charge is 0.326 e. The van der Waals surface area contributed by atoms with Crippen molar-refractivity contribution in [3.8, 4) is 0 Å². The van der Waals surface area contributed by atoms with Crippen molar-refractivity contribution in [1.82, 2.24) is 0 Å². The minimum absolute atomic E-state index is 0.227. The zero-order valence-electron chi connectivity index (χ0n) is 11.1. The fourth-order valence-electron chi connectivity index (χ4n) is 2.32. The van der Waals surface area contributed by atoms with E-state index in [1.807, 2.05) is 19.9 Å². The van der Waals surface area contributed by atoms with E-state index in [4.69, 9.17) is 4.74 Å². The maximum atomic E-state index is 11.9. The Bertz CT molecular complexity index is 577. The molecule has 1 aliphatic heterocycles. The second kappa shape index (κ2) is 4.84. The van der Waals surface area contributed by atoms with Crippen LogP contribution >= 0.6 is 0 Å². The lowest BCUT2D eigenvalue weighted by atomic mass is 10.0. The molecule has 100 valence electrons. The molecule has 1 aromatic rings. The lowest BCUT2D eigenvalue weighted by Gasteiger charge is -2.17. The molecule has 0 aromatic heterocycles. The Hall–Kier alpha value is -2.17. The van der Waals surface area contributed by atoms with Crippen LogP contribution in [0.15, 0.2) is 12.1 Å². The number of carbonyl (C=O) groups is 3. The molecule has 0 bridgehead atoms. The summed E-state index contributed by atoms with van der Waals surface area (Å²) in [5.41, 5.74) is 2.61. The summed E-state index contributed by atoms with van der Waals surface area (Å²) in [5.74, 6) is -1.75. The summed E-state index contributed by atoms with van der Waals surface area (Å²) < 4.78 is 4.82. The summed E-state index contributed by atoms with van der Waals surface area (Å²) in [6.45, 7) is 5.39. The van der Waals surface area contributed by atoms with E-state index in [1.165, 1.54) is 4.90 Å². The van der Waals surface area contributed by atoms with Crippen LogP contribution in [0, 0.1) is 13.8 Å². The first-order chi connectivity index (χ1) is 8.95. The number of carbonyl (C=O) groups excluding carboxylic acids is 3. The highest BCUT2D eigenvalue weighted by atomic mass is 16.5. The third-order valence-corrected chi connectivity index (χ3v) is 2.99. The predicted molar refractivity (Wildman–Crippen MR) is 69.2 cm³/mol. The SMILES string of the molecule is CCOC(=O)CN1C(=O)C(=O)c2cc(C)cc(C)c21. The van der Waals surface area contributed by atoms with Gasteiger partial charge in [0.05, 0.1) is 17.9 Å². The van der Waals surface area contributed by atoms with Crippen LogP contribution in [0.4, 0.5) is 5.69 Å². The first-order valence-electron chi connectivity index (χ1n) is 6.08. The molecule has 0 spiro atoms. The van der Waals surface area contributed by atoms with Crippen molar-refractivity contribution in [1.29, 1.82) is 0 Å². The molecular formula is C14H15NO4. The van der Waals surface area contributed by atoms with E-state index in [-0.39, 0.29) is 13.2 Å². The van der Waals surface area contributed by atoms with Gasteiger partial charge in [0, 0.05) is 0 Å². The maximum Gasteiger partial charge on any atom is 0.326 e. The lowest BCUT2D eigenvalue weighted by Crippen LogP contribution is -2.35. The van der Waals surface area contributed by atoms with Gasteiger partial charge in [-0.1, -0.05) is 6.07 Å². The highest BCUT2D eigenvalue weighted by Crippen LogP contribution is 2.33. The van der Waals surface area contributed by atoms with Crippen molar-refractivity contribution in [3.63, 3.8) is 0 Å². The quantitative estimate of drug-likeness (QED) is 0.609. The monoisotopic (exact) mass is 261 g/mol. The summed E-state index contributed by atoms with van der Waals surface area (Å²) >= 11 is 0. The summed E-state index contributed by atoms with van der Waals surface area (Å²) in [5, 5.41) is 0. The first kappa shape index (κ1) is 13.3. The highest BCUT2D eigenvalue weighted by molar-refractivity contribution is 6.52. The van der Waals surface area contributed by atoms with Crippen LogP contribution in [-0.4, -0.2) is 30.8 Å². The van der Waals surface area contributed by atoms with Crippen molar-refractivity contribution in [2.24, 2.45) is 0 Å². The molecule has 5 heteroatoms. The van der Waals surface area contributed by atoms with Crippen molar-refractivity contribution in [2.45, 2.75) is 20.8 Å². The number of hydrogen-bond donors (Lipinski definition) is 0. The standard InChI is InChI=1S/C14H15NO4/c1-4-19-11(16)7-15-12-9(3)5-8(2)6-10(12)13(17)14(15)18/h5-6H,4,7H2,1-3H3. The van der Waals surface area contributed by atoms with Gasteiger partial charge < -0.3 is 4.74 Å². The number of ether oxygens (including phenoxy) is 1. The van der Waals surface area contributed by atoms with Gasteiger partial charge in [-0.3, -0.25) is 19.3 Å². The minimum atomic E-state index is -0.670. The third kappa shape index (κ3) is 2.23. The fraction of sp³-hybridized carbons (Fsp3) is 0.357. The van der Waals surface area contributed by atoms with Gasteiger partial charge in [0.15, 0.2) is 0 Å². The van der Waals surface area contributed by atoms with Crippen LogP contribution in [0.2, 0.25) is 0 Å². The number of Topliss-reactive ketones (excluding diaryl/α,β-unsaturated/α-hetero) is 1. The van der Waals surface area contributed by atoms with E-state index in [1.54, 1.807) is 13.0 Å². The number of anilines is 1. The van der Waals surface area contributed by atoms with E-state index < -0.39 is 17.7 Å². The Kier molecular flexibility index (Phi) is 3.38. The van der Waals surface area contributed by atoms with Gasteiger partial charge in [-0.05, 0) is 38.0 Å². The number of benzene rings is 1. The van der Waals surface area contributed by atoms with E-state index in [0.717, 1.165) is 11.1 Å². The Morgan fingerprint density at radius 2 is 1.95 bits per heavy atom. The van der Waals surface area contributed by atoms with Crippen LogP contribution in [0.3, 0.4) is 0 Å². The van der Waals surface area contributed by atoms with Gasteiger partial charge in [0.2, 0.25) is 0 Å². The van der Waals surface area contributed by atoms with Gasteiger partial charge >= 0.3 is 5.97 Å². The van der Waals surface area contributed by atoms with E-state index in [2.05, 4.69) is 0 Å². The van der Waals surface area contributed by atoms with E-state index in [9.17, 15) is 14.4 Å². The molecule has 2 rings (SSSR count). The summed E-state index contributed by atoms with van der Waals surface area (Å²) in [6, 6.07) is 3.55. The number of rotatable bonds is 3. The van der Waals surface area contributed by atoms with E-state index >= 15 is 0 Å². The lowest BCUT2D eigenvalue weighted by molar-refractivity contribution is -0.142. The molecule has 5 nitrogen and oxygen atoms in total. The van der Waals surface area contributed by atoms with Gasteiger partial charge in [-0.25, -0.2) is 0 Å². The molecule has 1 amide bonds. The molecule has 0 saturated carbocycles. The number of hydrogen-bond acceptors (Lipinski definition) is 4. The van der Waals surface area contributed by atoms with Gasteiger partial charge in [-0.15, -0.1) is 0 Å². The van der Waals surface area contributed by atoms with Crippen LogP contribution in [0.1, 0.15) is 28.4 Å². The van der Waals surface area contributed by atoms with Crippen LogP contribution in [0.5, 0.6) is 0 Å². The summed E-state index contributed by atoms with van der Waals surface area (Å²) in [4.78, 5) is 36.6. The topological polar surface area (TPSA) is 63.7 Å². The number of aryl methyl sites for hydroxylation is 2.